The molecule has 0 spiro atoms. The van der Waals surface area contributed by atoms with Gasteiger partial charge in [0, 0.05) is 25.2 Å². The van der Waals surface area contributed by atoms with Gasteiger partial charge in [-0.25, -0.2) is 0 Å². The predicted octanol–water partition coefficient (Wildman–Crippen LogP) is 1.41. The molecule has 17 heavy (non-hydrogen) atoms. The molecule has 0 saturated heterocycles. The van der Waals surface area contributed by atoms with Crippen LogP contribution in [0.5, 0.6) is 5.75 Å². The Balaban J connectivity index is 3.02. The fourth-order valence-electron chi connectivity index (χ4n) is 1.75. The van der Waals surface area contributed by atoms with Crippen molar-refractivity contribution in [3.8, 4) is 5.75 Å². The molecule has 0 aliphatic carbocycles. The Kier molecular flexibility index (Phi) is 5.05. The average Bonchev–Trinajstić information content (AvgIpc) is 2.27. The number of likely N-dealkylation sites (N-methyl/N-ethyl adjacent to an activating group) is 1. The van der Waals surface area contributed by atoms with Crippen LogP contribution in [-0.2, 0) is 0 Å². The summed E-state index contributed by atoms with van der Waals surface area (Å²) >= 11 is 6.02. The van der Waals surface area contributed by atoms with Gasteiger partial charge in [0.15, 0.2) is 0 Å². The van der Waals surface area contributed by atoms with Crippen LogP contribution >= 0.6 is 11.6 Å². The van der Waals surface area contributed by atoms with E-state index in [9.17, 15) is 5.11 Å². The number of aliphatic hydroxyl groups excluding tert-OH is 1. The van der Waals surface area contributed by atoms with Gasteiger partial charge in [-0.1, -0.05) is 11.6 Å². The predicted molar refractivity (Wildman–Crippen MR) is 71.1 cm³/mol. The maximum atomic E-state index is 9.55. The molecule has 1 aromatic rings. The molecule has 4 nitrogen and oxygen atoms in total. The molecular weight excluding hydrogens is 240 g/mol. The van der Waals surface area contributed by atoms with Gasteiger partial charge in [-0.2, -0.15) is 0 Å². The van der Waals surface area contributed by atoms with Crippen LogP contribution in [0.1, 0.15) is 5.56 Å². The van der Waals surface area contributed by atoms with E-state index in [0.717, 1.165) is 17.0 Å². The van der Waals surface area contributed by atoms with Crippen molar-refractivity contribution in [1.82, 2.24) is 0 Å². The molecule has 1 unspecified atom stereocenters. The summed E-state index contributed by atoms with van der Waals surface area (Å²) in [5, 5.41) is 10.2. The highest BCUT2D eigenvalue weighted by molar-refractivity contribution is 6.31. The van der Waals surface area contributed by atoms with Gasteiger partial charge in [0.1, 0.15) is 5.75 Å². The largest absolute Gasteiger partial charge is 0.494 e. The first-order chi connectivity index (χ1) is 7.99. The van der Waals surface area contributed by atoms with E-state index < -0.39 is 6.10 Å². The van der Waals surface area contributed by atoms with Gasteiger partial charge in [0.05, 0.1) is 18.9 Å². The maximum absolute atomic E-state index is 9.55. The van der Waals surface area contributed by atoms with Crippen LogP contribution in [-0.4, -0.2) is 38.5 Å². The van der Waals surface area contributed by atoms with Crippen molar-refractivity contribution in [1.29, 1.82) is 0 Å². The molecule has 96 valence electrons. The number of rotatable bonds is 5. The lowest BCUT2D eigenvalue weighted by atomic mass is 10.1. The van der Waals surface area contributed by atoms with Crippen LogP contribution in [0.4, 0.5) is 5.69 Å². The number of aryl methyl sites for hydroxylation is 1. The van der Waals surface area contributed by atoms with E-state index in [1.54, 1.807) is 7.11 Å². The normalized spacial score (nSPS) is 12.4. The van der Waals surface area contributed by atoms with E-state index >= 15 is 0 Å². The zero-order chi connectivity index (χ0) is 13.0. The first-order valence-corrected chi connectivity index (χ1v) is 5.80. The number of ether oxygens (including phenoxy) is 1. The van der Waals surface area contributed by atoms with E-state index in [1.807, 2.05) is 31.0 Å². The van der Waals surface area contributed by atoms with Crippen molar-refractivity contribution in [3.05, 3.63) is 22.7 Å². The van der Waals surface area contributed by atoms with Crippen LogP contribution in [0.15, 0.2) is 12.1 Å². The number of aliphatic hydroxyl groups is 1. The number of halogens is 1. The Morgan fingerprint density at radius 2 is 2.18 bits per heavy atom. The fraction of sp³-hybridized carbons (Fsp3) is 0.500. The van der Waals surface area contributed by atoms with Gasteiger partial charge in [0.25, 0.3) is 0 Å². The summed E-state index contributed by atoms with van der Waals surface area (Å²) in [5.41, 5.74) is 7.21. The topological polar surface area (TPSA) is 58.7 Å². The van der Waals surface area contributed by atoms with Crippen molar-refractivity contribution in [3.63, 3.8) is 0 Å². The molecule has 1 aromatic carbocycles. The lowest BCUT2D eigenvalue weighted by Crippen LogP contribution is -2.34. The van der Waals surface area contributed by atoms with E-state index in [1.165, 1.54) is 0 Å². The highest BCUT2D eigenvalue weighted by Crippen LogP contribution is 2.34. The molecule has 5 heteroatoms. The monoisotopic (exact) mass is 258 g/mol. The number of benzene rings is 1. The second kappa shape index (κ2) is 6.10. The maximum Gasteiger partial charge on any atom is 0.145 e. The molecular formula is C12H19ClN2O2. The minimum atomic E-state index is -0.566. The molecule has 0 bridgehead atoms. The minimum Gasteiger partial charge on any atom is -0.494 e. The third-order valence-corrected chi connectivity index (χ3v) is 2.81. The fourth-order valence-corrected chi connectivity index (χ4v) is 2.02. The first kappa shape index (κ1) is 14.1. The quantitative estimate of drug-likeness (QED) is 0.839. The second-order valence-corrected chi connectivity index (χ2v) is 4.48. The highest BCUT2D eigenvalue weighted by Gasteiger charge is 2.14. The van der Waals surface area contributed by atoms with Gasteiger partial charge in [-0.05, 0) is 24.6 Å². The highest BCUT2D eigenvalue weighted by atomic mass is 35.5. The van der Waals surface area contributed by atoms with Crippen LogP contribution in [0, 0.1) is 6.92 Å². The van der Waals surface area contributed by atoms with E-state index in [2.05, 4.69) is 0 Å². The number of anilines is 1. The Morgan fingerprint density at radius 3 is 2.71 bits per heavy atom. The molecule has 0 fully saturated rings. The third kappa shape index (κ3) is 3.49. The van der Waals surface area contributed by atoms with E-state index in [0.29, 0.717) is 11.6 Å². The lowest BCUT2D eigenvalue weighted by molar-refractivity contribution is 0.189. The first-order valence-electron chi connectivity index (χ1n) is 5.43. The zero-order valence-corrected chi connectivity index (χ0v) is 11.2. The van der Waals surface area contributed by atoms with Crippen molar-refractivity contribution in [2.45, 2.75) is 13.0 Å². The standard InChI is InChI=1S/C12H19ClN2O2/c1-8-4-9(13)5-11(12(8)17-3)15(2)7-10(16)6-14/h4-5,10,16H,6-7,14H2,1-3H3. The number of nitrogens with zero attached hydrogens (tertiary/aromatic N) is 1. The molecule has 0 aromatic heterocycles. The van der Waals surface area contributed by atoms with Crippen molar-refractivity contribution < 1.29 is 9.84 Å². The van der Waals surface area contributed by atoms with Gasteiger partial charge in [-0.15, -0.1) is 0 Å². The van der Waals surface area contributed by atoms with Crippen molar-refractivity contribution in [2.75, 3.05) is 32.1 Å². The summed E-state index contributed by atoms with van der Waals surface area (Å²) in [6, 6.07) is 3.66. The van der Waals surface area contributed by atoms with Crippen molar-refractivity contribution in [2.24, 2.45) is 5.73 Å². The van der Waals surface area contributed by atoms with Crippen molar-refractivity contribution >= 4 is 17.3 Å². The summed E-state index contributed by atoms with van der Waals surface area (Å²) in [6.07, 6.45) is -0.566. The second-order valence-electron chi connectivity index (χ2n) is 4.05. The number of methoxy groups -OCH3 is 1. The molecule has 1 rings (SSSR count). The average molecular weight is 259 g/mol. The summed E-state index contributed by atoms with van der Waals surface area (Å²) in [4.78, 5) is 1.88. The summed E-state index contributed by atoms with van der Waals surface area (Å²) in [7, 11) is 3.49. The summed E-state index contributed by atoms with van der Waals surface area (Å²) in [6.45, 7) is 2.60. The number of hydrogen-bond donors (Lipinski definition) is 2. The SMILES string of the molecule is COc1c(C)cc(Cl)cc1N(C)CC(O)CN. The van der Waals surface area contributed by atoms with Crippen LogP contribution in [0.25, 0.3) is 0 Å². The molecule has 0 heterocycles. The Labute approximate surface area is 107 Å². The summed E-state index contributed by atoms with van der Waals surface area (Å²) in [5.74, 6) is 0.765. The molecule has 0 aliphatic heterocycles. The summed E-state index contributed by atoms with van der Waals surface area (Å²) < 4.78 is 5.35. The smallest absolute Gasteiger partial charge is 0.145 e. The third-order valence-electron chi connectivity index (χ3n) is 2.59. The molecule has 3 N–H and O–H groups in total. The number of nitrogens with two attached hydrogens (primary N) is 1. The Bertz CT molecular complexity index is 385. The van der Waals surface area contributed by atoms with Crippen LogP contribution in [0.2, 0.25) is 5.02 Å². The van der Waals surface area contributed by atoms with Gasteiger partial charge in [0.2, 0.25) is 0 Å². The Hall–Kier alpha value is -0.970. The zero-order valence-electron chi connectivity index (χ0n) is 10.4. The molecule has 1 atom stereocenters. The van der Waals surface area contributed by atoms with Gasteiger partial charge in [-0.3, -0.25) is 0 Å². The minimum absolute atomic E-state index is 0.228. The lowest BCUT2D eigenvalue weighted by Gasteiger charge is -2.25. The Morgan fingerprint density at radius 1 is 1.53 bits per heavy atom. The molecule has 0 aliphatic rings. The van der Waals surface area contributed by atoms with Gasteiger partial charge >= 0.3 is 0 Å². The van der Waals surface area contributed by atoms with E-state index in [4.69, 9.17) is 22.1 Å². The molecule has 0 saturated carbocycles. The van der Waals surface area contributed by atoms with E-state index in [-0.39, 0.29) is 6.54 Å². The van der Waals surface area contributed by atoms with Gasteiger partial charge < -0.3 is 20.5 Å². The van der Waals surface area contributed by atoms with Crippen LogP contribution in [0.3, 0.4) is 0 Å². The van der Waals surface area contributed by atoms with Crippen LogP contribution < -0.4 is 15.4 Å². The molecule has 0 amide bonds. The number of hydrogen-bond acceptors (Lipinski definition) is 4. The molecule has 0 radical (unpaired) electrons.